The Kier molecular flexibility index (Phi) is 15.5. The van der Waals surface area contributed by atoms with Crippen LogP contribution in [0.15, 0.2) is 18.2 Å². The molecule has 0 aliphatic rings. The van der Waals surface area contributed by atoms with E-state index in [9.17, 15) is 22.8 Å². The van der Waals surface area contributed by atoms with E-state index in [1.54, 1.807) is 0 Å². The van der Waals surface area contributed by atoms with Crippen LogP contribution in [0.2, 0.25) is 5.02 Å². The third-order valence-corrected chi connectivity index (χ3v) is 7.10. The van der Waals surface area contributed by atoms with E-state index in [4.69, 9.17) is 16.7 Å². The quantitative estimate of drug-likeness (QED) is 0.187. The van der Waals surface area contributed by atoms with Gasteiger partial charge in [-0.1, -0.05) is 43.7 Å². The number of carbonyl (C=O) groups is 2. The summed E-state index contributed by atoms with van der Waals surface area (Å²) in [6.45, 7) is 0.448. The van der Waals surface area contributed by atoms with Crippen molar-refractivity contribution in [1.82, 2.24) is 5.32 Å². The zero-order valence-electron chi connectivity index (χ0n) is 18.5. The van der Waals surface area contributed by atoms with Gasteiger partial charge in [0.1, 0.15) is 0 Å². The maximum Gasteiger partial charge on any atom is 0.417 e. The van der Waals surface area contributed by atoms with Gasteiger partial charge >= 0.3 is 18.2 Å². The van der Waals surface area contributed by atoms with E-state index >= 15 is 0 Å². The van der Waals surface area contributed by atoms with Gasteiger partial charge in [-0.25, -0.2) is 4.79 Å². The second-order valence-electron chi connectivity index (χ2n) is 7.46. The summed E-state index contributed by atoms with van der Waals surface area (Å²) in [6.07, 6.45) is 4.42. The Morgan fingerprint density at radius 1 is 0.909 bits per heavy atom. The molecule has 0 spiro atoms. The molecule has 33 heavy (non-hydrogen) atoms. The predicted molar refractivity (Wildman–Crippen MR) is 133 cm³/mol. The van der Waals surface area contributed by atoms with Crippen LogP contribution in [0.3, 0.4) is 0 Å². The topological polar surface area (TPSA) is 78.4 Å². The first-order chi connectivity index (χ1) is 15.7. The molecule has 3 N–H and O–H groups in total. The predicted octanol–water partition coefficient (Wildman–Crippen LogP) is 7.15. The highest BCUT2D eigenvalue weighted by atomic mass is 35.5. The van der Waals surface area contributed by atoms with Crippen LogP contribution in [0.25, 0.3) is 0 Å². The van der Waals surface area contributed by atoms with E-state index in [0.29, 0.717) is 6.54 Å². The third-order valence-electron chi connectivity index (χ3n) is 4.58. The number of hydrogen-bond acceptors (Lipinski definition) is 4. The van der Waals surface area contributed by atoms with Crippen molar-refractivity contribution in [2.75, 3.05) is 34.9 Å². The minimum absolute atomic E-state index is 0.0377. The Morgan fingerprint density at radius 3 is 2.09 bits per heavy atom. The summed E-state index contributed by atoms with van der Waals surface area (Å²) in [4.78, 5) is 22.2. The molecular weight excluding hydrogens is 497 g/mol. The fourth-order valence-corrected chi connectivity index (χ4v) is 4.84. The number of thioether (sulfide) groups is 2. The zero-order chi connectivity index (χ0) is 24.5. The van der Waals surface area contributed by atoms with Gasteiger partial charge < -0.3 is 15.7 Å². The van der Waals surface area contributed by atoms with Crippen LogP contribution in [0.1, 0.15) is 56.9 Å². The number of aliphatic carboxylic acids is 1. The van der Waals surface area contributed by atoms with Gasteiger partial charge in [-0.3, -0.25) is 4.79 Å². The number of hydrogen-bond donors (Lipinski definition) is 3. The van der Waals surface area contributed by atoms with Gasteiger partial charge in [0.25, 0.3) is 0 Å². The standard InChI is InChI=1S/C22H32ClF3N2O3S2/c23-19-10-9-17(15-18(19)22(24,25)26)28-21(31)27-11-8-14-32-12-6-4-2-1-3-5-7-13-33-16-20(29)30/h9-10,15H,1-8,11-14,16H2,(H,29,30)(H2,27,28,31). The molecular formula is C22H32ClF3N2O3S2. The van der Waals surface area contributed by atoms with E-state index in [-0.39, 0.29) is 11.4 Å². The lowest BCUT2D eigenvalue weighted by atomic mass is 10.1. The summed E-state index contributed by atoms with van der Waals surface area (Å²) < 4.78 is 38.6. The van der Waals surface area contributed by atoms with E-state index in [0.717, 1.165) is 55.1 Å². The molecule has 0 saturated heterocycles. The third kappa shape index (κ3) is 15.3. The van der Waals surface area contributed by atoms with Crippen LogP contribution in [0, 0.1) is 0 Å². The minimum atomic E-state index is -4.58. The average Bonchev–Trinajstić information content (AvgIpc) is 2.73. The number of anilines is 1. The normalized spacial score (nSPS) is 11.4. The van der Waals surface area contributed by atoms with Gasteiger partial charge in [0.05, 0.1) is 16.3 Å². The largest absolute Gasteiger partial charge is 0.481 e. The highest BCUT2D eigenvalue weighted by Crippen LogP contribution is 2.36. The number of halogens is 4. The lowest BCUT2D eigenvalue weighted by molar-refractivity contribution is -0.137. The number of carbonyl (C=O) groups excluding carboxylic acids is 1. The van der Waals surface area contributed by atoms with Crippen molar-refractivity contribution in [3.05, 3.63) is 28.8 Å². The lowest BCUT2D eigenvalue weighted by Gasteiger charge is -2.12. The molecule has 0 bridgehead atoms. The number of carboxylic acids is 1. The molecule has 0 aliphatic carbocycles. The molecule has 0 atom stereocenters. The summed E-state index contributed by atoms with van der Waals surface area (Å²) >= 11 is 8.88. The minimum Gasteiger partial charge on any atom is -0.481 e. The Balaban J connectivity index is 1.96. The first-order valence-corrected chi connectivity index (χ1v) is 13.7. The molecule has 1 aromatic rings. The van der Waals surface area contributed by atoms with Crippen LogP contribution in [0.5, 0.6) is 0 Å². The Morgan fingerprint density at radius 2 is 1.48 bits per heavy atom. The molecule has 0 saturated carbocycles. The van der Waals surface area contributed by atoms with Crippen molar-refractivity contribution < 1.29 is 27.9 Å². The van der Waals surface area contributed by atoms with Crippen molar-refractivity contribution in [3.63, 3.8) is 0 Å². The van der Waals surface area contributed by atoms with Gasteiger partial charge in [-0.15, -0.1) is 0 Å². The molecule has 0 fully saturated rings. The SMILES string of the molecule is O=C(O)CSCCCCCCCCCSCCCNC(=O)Nc1ccc(Cl)c(C(F)(F)F)c1. The molecule has 0 radical (unpaired) electrons. The summed E-state index contributed by atoms with van der Waals surface area (Å²) in [5.41, 5.74) is -0.943. The van der Waals surface area contributed by atoms with Gasteiger partial charge in [-0.05, 0) is 54.7 Å². The highest BCUT2D eigenvalue weighted by molar-refractivity contribution is 7.99. The number of unbranched alkanes of at least 4 members (excludes halogenated alkanes) is 6. The number of carboxylic acid groups (broad SMARTS) is 1. The Hall–Kier alpha value is -1.26. The van der Waals surface area contributed by atoms with Crippen LogP contribution in [-0.4, -0.2) is 46.7 Å². The Labute approximate surface area is 207 Å². The van der Waals surface area contributed by atoms with E-state index < -0.39 is 28.8 Å². The van der Waals surface area contributed by atoms with Crippen LogP contribution < -0.4 is 10.6 Å². The van der Waals surface area contributed by atoms with Gasteiger partial charge in [0, 0.05) is 12.2 Å². The second kappa shape index (κ2) is 17.2. The molecule has 0 unspecified atom stereocenters. The summed E-state index contributed by atoms with van der Waals surface area (Å²) in [7, 11) is 0. The van der Waals surface area contributed by atoms with E-state index in [1.165, 1.54) is 43.5 Å². The molecule has 5 nitrogen and oxygen atoms in total. The number of rotatable bonds is 17. The van der Waals surface area contributed by atoms with Gasteiger partial charge in [0.15, 0.2) is 0 Å². The highest BCUT2D eigenvalue weighted by Gasteiger charge is 2.33. The van der Waals surface area contributed by atoms with Crippen molar-refractivity contribution in [2.45, 2.75) is 57.5 Å². The van der Waals surface area contributed by atoms with Crippen molar-refractivity contribution >= 4 is 52.8 Å². The van der Waals surface area contributed by atoms with Gasteiger partial charge in [-0.2, -0.15) is 36.7 Å². The molecule has 0 aliphatic heterocycles. The zero-order valence-corrected chi connectivity index (χ0v) is 20.9. The number of urea groups is 1. The van der Waals surface area contributed by atoms with Gasteiger partial charge in [0.2, 0.25) is 0 Å². The van der Waals surface area contributed by atoms with Crippen molar-refractivity contribution in [2.24, 2.45) is 0 Å². The molecule has 11 heteroatoms. The summed E-state index contributed by atoms with van der Waals surface area (Å²) in [5, 5.41) is 13.2. The molecule has 2 amide bonds. The first kappa shape index (κ1) is 29.8. The van der Waals surface area contributed by atoms with Crippen LogP contribution in [0.4, 0.5) is 23.7 Å². The maximum atomic E-state index is 12.9. The number of benzene rings is 1. The smallest absolute Gasteiger partial charge is 0.417 e. The van der Waals surface area contributed by atoms with Crippen LogP contribution >= 0.6 is 35.1 Å². The lowest BCUT2D eigenvalue weighted by Crippen LogP contribution is -2.29. The average molecular weight is 529 g/mol. The van der Waals surface area contributed by atoms with Crippen LogP contribution in [-0.2, 0) is 11.0 Å². The number of alkyl halides is 3. The summed E-state index contributed by atoms with van der Waals surface area (Å²) in [5.74, 6) is 2.34. The number of amides is 2. The van der Waals surface area contributed by atoms with Crippen molar-refractivity contribution in [1.29, 1.82) is 0 Å². The van der Waals surface area contributed by atoms with E-state index in [2.05, 4.69) is 10.6 Å². The Bertz CT molecular complexity index is 725. The number of nitrogens with one attached hydrogen (secondary N) is 2. The maximum absolute atomic E-state index is 12.9. The summed E-state index contributed by atoms with van der Waals surface area (Å²) in [6, 6.07) is 2.71. The molecule has 0 aromatic heterocycles. The molecule has 188 valence electrons. The second-order valence-corrected chi connectivity index (χ2v) is 10.2. The fourth-order valence-electron chi connectivity index (χ4n) is 2.93. The molecule has 0 heterocycles. The van der Waals surface area contributed by atoms with Crippen molar-refractivity contribution in [3.8, 4) is 0 Å². The first-order valence-electron chi connectivity index (χ1n) is 11.0. The fraction of sp³-hybridized carbons (Fsp3) is 0.636. The molecule has 1 aromatic carbocycles. The molecule has 1 rings (SSSR count). The monoisotopic (exact) mass is 528 g/mol. The van der Waals surface area contributed by atoms with E-state index in [1.807, 2.05) is 11.8 Å².